The van der Waals surface area contributed by atoms with E-state index in [9.17, 15) is 22.8 Å². The van der Waals surface area contributed by atoms with Crippen molar-refractivity contribution in [3.8, 4) is 0 Å². The van der Waals surface area contributed by atoms with Crippen LogP contribution in [0.4, 0.5) is 23.7 Å². The molecule has 0 aliphatic carbocycles. The highest BCUT2D eigenvalue weighted by molar-refractivity contribution is 6.23. The van der Waals surface area contributed by atoms with Gasteiger partial charge < -0.3 is 14.5 Å². The quantitative estimate of drug-likeness (QED) is 0.646. The van der Waals surface area contributed by atoms with E-state index in [4.69, 9.17) is 4.74 Å². The Hall–Kier alpha value is -2.13. The summed E-state index contributed by atoms with van der Waals surface area (Å²) < 4.78 is 45.5. The molecule has 1 aromatic carbocycles. The van der Waals surface area contributed by atoms with Gasteiger partial charge in [0.2, 0.25) is 0 Å². The van der Waals surface area contributed by atoms with Crippen LogP contribution in [0.5, 0.6) is 0 Å². The molecule has 176 valence electrons. The third-order valence-corrected chi connectivity index (χ3v) is 7.04. The van der Waals surface area contributed by atoms with Crippen molar-refractivity contribution in [2.45, 2.75) is 51.2 Å². The fraction of sp³-hybridized carbons (Fsp3) is 0.652. The minimum Gasteiger partial charge on any atom is -0.381 e. The third kappa shape index (κ3) is 4.12. The van der Waals surface area contributed by atoms with Gasteiger partial charge in [0.15, 0.2) is 0 Å². The average Bonchev–Trinajstić information content (AvgIpc) is 2.95. The molecule has 32 heavy (non-hydrogen) atoms. The molecule has 3 amide bonds. The number of aryl methyl sites for hydroxylation is 1. The first-order valence-corrected chi connectivity index (χ1v) is 11.3. The first-order chi connectivity index (χ1) is 15.2. The number of carbonyl (C=O) groups is 2. The van der Waals surface area contributed by atoms with Gasteiger partial charge in [-0.15, -0.1) is 0 Å². The Morgan fingerprint density at radius 2 is 1.75 bits per heavy atom. The molecule has 3 aliphatic heterocycles. The van der Waals surface area contributed by atoms with Crippen molar-refractivity contribution in [2.75, 3.05) is 44.3 Å². The maximum absolute atomic E-state index is 13.6. The number of rotatable bonds is 4. The van der Waals surface area contributed by atoms with Crippen LogP contribution in [0.3, 0.4) is 0 Å². The molecule has 9 heteroatoms. The highest BCUT2D eigenvalue weighted by Gasteiger charge is 2.58. The number of hydrogen-bond donors (Lipinski definition) is 0. The zero-order valence-electron chi connectivity index (χ0n) is 18.6. The third-order valence-electron chi connectivity index (χ3n) is 7.04. The molecule has 0 radical (unpaired) electrons. The van der Waals surface area contributed by atoms with E-state index in [1.165, 1.54) is 13.0 Å². The predicted octanol–water partition coefficient (Wildman–Crippen LogP) is 4.06. The Morgan fingerprint density at radius 1 is 1.09 bits per heavy atom. The molecule has 1 spiro atoms. The normalized spacial score (nSPS) is 22.9. The number of carbonyl (C=O) groups excluding carboxylic acids is 2. The zero-order chi connectivity index (χ0) is 23.1. The van der Waals surface area contributed by atoms with E-state index in [-0.39, 0.29) is 5.69 Å². The summed E-state index contributed by atoms with van der Waals surface area (Å²) in [5.41, 5.74) is -1.50. The van der Waals surface area contributed by atoms with Gasteiger partial charge in [-0.25, -0.2) is 9.69 Å². The number of ether oxygens (including phenoxy) is 1. The SMILES string of the molecule is CCN1C(=O)N(c2cc(C)cc(C(F)(F)F)c2)C(=O)C12CCN(CC1CCOCC1)CC2. The number of anilines is 1. The van der Waals surface area contributed by atoms with Crippen molar-refractivity contribution in [1.82, 2.24) is 9.80 Å². The number of amides is 3. The Kier molecular flexibility index (Phi) is 6.24. The van der Waals surface area contributed by atoms with Gasteiger partial charge in [-0.3, -0.25) is 4.79 Å². The summed E-state index contributed by atoms with van der Waals surface area (Å²) in [6, 6.07) is 2.86. The minimum absolute atomic E-state index is 0.00714. The number of benzene rings is 1. The first-order valence-electron chi connectivity index (χ1n) is 11.3. The highest BCUT2D eigenvalue weighted by atomic mass is 19.4. The Morgan fingerprint density at radius 3 is 2.34 bits per heavy atom. The molecule has 4 rings (SSSR count). The number of nitrogens with zero attached hydrogens (tertiary/aromatic N) is 3. The molecule has 0 saturated carbocycles. The first kappa shape index (κ1) is 23.0. The molecule has 3 fully saturated rings. The van der Waals surface area contributed by atoms with Gasteiger partial charge in [0.05, 0.1) is 11.3 Å². The zero-order valence-corrected chi connectivity index (χ0v) is 18.6. The minimum atomic E-state index is -4.55. The van der Waals surface area contributed by atoms with Gasteiger partial charge in [-0.05, 0) is 69.2 Å². The van der Waals surface area contributed by atoms with Crippen LogP contribution < -0.4 is 4.90 Å². The number of alkyl halides is 3. The van der Waals surface area contributed by atoms with Crippen LogP contribution in [-0.4, -0.2) is 66.7 Å². The van der Waals surface area contributed by atoms with E-state index in [2.05, 4.69) is 4.90 Å². The van der Waals surface area contributed by atoms with E-state index in [1.54, 1.807) is 4.90 Å². The molecule has 3 aliphatic rings. The monoisotopic (exact) mass is 453 g/mol. The van der Waals surface area contributed by atoms with Gasteiger partial charge in [-0.1, -0.05) is 0 Å². The second-order valence-electron chi connectivity index (χ2n) is 9.11. The summed E-state index contributed by atoms with van der Waals surface area (Å²) in [5, 5.41) is 0. The van der Waals surface area contributed by atoms with Crippen molar-refractivity contribution < 1.29 is 27.5 Å². The maximum atomic E-state index is 13.6. The molecule has 6 nitrogen and oxygen atoms in total. The topological polar surface area (TPSA) is 53.1 Å². The maximum Gasteiger partial charge on any atom is 0.416 e. The number of likely N-dealkylation sites (tertiary alicyclic amines) is 1. The predicted molar refractivity (Wildman–Crippen MR) is 113 cm³/mol. The number of imide groups is 1. The number of likely N-dealkylation sites (N-methyl/N-ethyl adjacent to an activating group) is 1. The fourth-order valence-corrected chi connectivity index (χ4v) is 5.32. The van der Waals surface area contributed by atoms with Crippen molar-refractivity contribution in [2.24, 2.45) is 5.92 Å². The van der Waals surface area contributed by atoms with Gasteiger partial charge in [0, 0.05) is 39.4 Å². The van der Waals surface area contributed by atoms with Crippen LogP contribution in [-0.2, 0) is 15.7 Å². The van der Waals surface area contributed by atoms with Crippen LogP contribution in [0, 0.1) is 12.8 Å². The second kappa shape index (κ2) is 8.67. The highest BCUT2D eigenvalue weighted by Crippen LogP contribution is 2.41. The molecule has 0 bridgehead atoms. The van der Waals surface area contributed by atoms with E-state index in [1.807, 2.05) is 6.92 Å². The lowest BCUT2D eigenvalue weighted by atomic mass is 9.85. The van der Waals surface area contributed by atoms with Crippen molar-refractivity contribution >= 4 is 17.6 Å². The van der Waals surface area contributed by atoms with Crippen LogP contribution in [0.25, 0.3) is 0 Å². The number of urea groups is 1. The van der Waals surface area contributed by atoms with E-state index in [0.29, 0.717) is 44.0 Å². The van der Waals surface area contributed by atoms with Crippen LogP contribution >= 0.6 is 0 Å². The molecular weight excluding hydrogens is 423 g/mol. The van der Waals surface area contributed by atoms with Crippen molar-refractivity contribution in [1.29, 1.82) is 0 Å². The summed E-state index contributed by atoms with van der Waals surface area (Å²) in [6.45, 7) is 7.55. The van der Waals surface area contributed by atoms with Gasteiger partial charge in [0.25, 0.3) is 5.91 Å². The van der Waals surface area contributed by atoms with Gasteiger partial charge >= 0.3 is 12.2 Å². The molecule has 0 N–H and O–H groups in total. The van der Waals surface area contributed by atoms with Crippen LogP contribution in [0.1, 0.15) is 43.7 Å². The Bertz CT molecular complexity index is 875. The number of piperidine rings is 1. The molecule has 3 heterocycles. The average molecular weight is 454 g/mol. The van der Waals surface area contributed by atoms with Crippen molar-refractivity contribution in [3.63, 3.8) is 0 Å². The van der Waals surface area contributed by atoms with Crippen molar-refractivity contribution in [3.05, 3.63) is 29.3 Å². The molecule has 3 saturated heterocycles. The molecule has 0 atom stereocenters. The lowest BCUT2D eigenvalue weighted by Gasteiger charge is -2.43. The Labute approximate surface area is 186 Å². The van der Waals surface area contributed by atoms with Crippen LogP contribution in [0.2, 0.25) is 0 Å². The molecule has 0 aromatic heterocycles. The molecule has 0 unspecified atom stereocenters. The van der Waals surface area contributed by atoms with E-state index >= 15 is 0 Å². The summed E-state index contributed by atoms with van der Waals surface area (Å²) in [6.07, 6.45) is -1.51. The number of halogens is 3. The smallest absolute Gasteiger partial charge is 0.381 e. The standard InChI is InChI=1S/C23H30F3N3O3/c1-3-28-21(31)29(19-13-16(2)12-18(14-19)23(24,25)26)20(30)22(28)6-8-27(9-7-22)15-17-4-10-32-11-5-17/h12-14,17H,3-11,15H2,1-2H3. The lowest BCUT2D eigenvalue weighted by molar-refractivity contribution is -0.137. The van der Waals surface area contributed by atoms with E-state index in [0.717, 1.165) is 49.6 Å². The second-order valence-corrected chi connectivity index (χ2v) is 9.11. The summed E-state index contributed by atoms with van der Waals surface area (Å²) in [4.78, 5) is 31.6. The molecular formula is C23H30F3N3O3. The Balaban J connectivity index is 1.56. The largest absolute Gasteiger partial charge is 0.416 e. The lowest BCUT2D eigenvalue weighted by Crippen LogP contribution is -2.57. The van der Waals surface area contributed by atoms with Gasteiger partial charge in [0.1, 0.15) is 5.54 Å². The van der Waals surface area contributed by atoms with Crippen LogP contribution in [0.15, 0.2) is 18.2 Å². The number of hydrogen-bond acceptors (Lipinski definition) is 4. The van der Waals surface area contributed by atoms with Gasteiger partial charge in [-0.2, -0.15) is 13.2 Å². The molecule has 1 aromatic rings. The summed E-state index contributed by atoms with van der Waals surface area (Å²) in [5.74, 6) is 0.166. The fourth-order valence-electron chi connectivity index (χ4n) is 5.32. The summed E-state index contributed by atoms with van der Waals surface area (Å²) in [7, 11) is 0. The summed E-state index contributed by atoms with van der Waals surface area (Å²) >= 11 is 0. The van der Waals surface area contributed by atoms with E-state index < -0.39 is 29.2 Å².